The molecule has 2 aliphatic heterocycles. The van der Waals surface area contributed by atoms with E-state index in [0.717, 1.165) is 22.2 Å². The first-order valence-corrected chi connectivity index (χ1v) is 8.05. The lowest BCUT2D eigenvalue weighted by atomic mass is 10.1. The highest BCUT2D eigenvalue weighted by Gasteiger charge is 2.24. The molecule has 23 heavy (non-hydrogen) atoms. The third-order valence-corrected chi connectivity index (χ3v) is 4.31. The lowest BCUT2D eigenvalue weighted by molar-refractivity contribution is 0.0778. The maximum absolute atomic E-state index is 12.6. The van der Waals surface area contributed by atoms with E-state index in [1.165, 1.54) is 5.01 Å². The molecule has 1 amide bonds. The molecule has 0 radical (unpaired) electrons. The number of nitrogens with zero attached hydrogens (tertiary/aromatic N) is 2. The van der Waals surface area contributed by atoms with Gasteiger partial charge in [0.2, 0.25) is 6.79 Å². The van der Waals surface area contributed by atoms with Gasteiger partial charge in [-0.3, -0.25) is 4.79 Å². The summed E-state index contributed by atoms with van der Waals surface area (Å²) in [6.45, 7) is 0.775. The van der Waals surface area contributed by atoms with Gasteiger partial charge in [0.15, 0.2) is 11.5 Å². The number of carbonyl (C=O) groups excluding carboxylic acids is 1. The largest absolute Gasteiger partial charge is 0.454 e. The topological polar surface area (TPSA) is 51.1 Å². The van der Waals surface area contributed by atoms with Gasteiger partial charge in [-0.05, 0) is 35.9 Å². The second-order valence-corrected chi connectivity index (χ2v) is 6.22. The molecule has 6 heteroatoms. The summed E-state index contributed by atoms with van der Waals surface area (Å²) in [4.78, 5) is 12.6. The summed E-state index contributed by atoms with van der Waals surface area (Å²) >= 11 is 3.46. The molecule has 0 fully saturated rings. The fourth-order valence-corrected chi connectivity index (χ4v) is 3.05. The third kappa shape index (κ3) is 2.70. The molecular formula is C17H13BrN2O3. The van der Waals surface area contributed by atoms with E-state index in [9.17, 15) is 4.79 Å². The molecule has 0 bridgehead atoms. The molecule has 0 saturated carbocycles. The zero-order chi connectivity index (χ0) is 15.8. The molecule has 4 rings (SSSR count). The van der Waals surface area contributed by atoms with Crippen LogP contribution in [0.15, 0.2) is 52.0 Å². The monoisotopic (exact) mass is 372 g/mol. The van der Waals surface area contributed by atoms with E-state index in [0.29, 0.717) is 23.6 Å². The van der Waals surface area contributed by atoms with Crippen LogP contribution < -0.4 is 9.47 Å². The van der Waals surface area contributed by atoms with Crippen LogP contribution in [0.3, 0.4) is 0 Å². The molecule has 0 aromatic heterocycles. The van der Waals surface area contributed by atoms with Gasteiger partial charge in [0.25, 0.3) is 5.91 Å². The number of fused-ring (bicyclic) bond motifs is 1. The molecule has 2 aromatic rings. The van der Waals surface area contributed by atoms with Crippen molar-refractivity contribution in [3.8, 4) is 11.5 Å². The van der Waals surface area contributed by atoms with E-state index in [1.54, 1.807) is 18.2 Å². The van der Waals surface area contributed by atoms with Crippen molar-refractivity contribution in [1.82, 2.24) is 5.01 Å². The van der Waals surface area contributed by atoms with E-state index in [-0.39, 0.29) is 12.7 Å². The molecule has 0 N–H and O–H groups in total. The van der Waals surface area contributed by atoms with Gasteiger partial charge in [-0.1, -0.05) is 28.1 Å². The number of rotatable bonds is 2. The Morgan fingerprint density at radius 1 is 1.13 bits per heavy atom. The molecule has 0 saturated heterocycles. The van der Waals surface area contributed by atoms with Gasteiger partial charge < -0.3 is 9.47 Å². The molecule has 0 atom stereocenters. The number of carbonyl (C=O) groups is 1. The van der Waals surface area contributed by atoms with Gasteiger partial charge in [0, 0.05) is 16.5 Å². The average Bonchev–Trinajstić information content (AvgIpc) is 3.22. The number of hydrogen-bond acceptors (Lipinski definition) is 4. The Balaban J connectivity index is 1.58. The van der Waals surface area contributed by atoms with Crippen LogP contribution in [0.1, 0.15) is 22.3 Å². The van der Waals surface area contributed by atoms with Crippen molar-refractivity contribution >= 4 is 27.5 Å². The Labute approximate surface area is 141 Å². The number of ether oxygens (including phenoxy) is 2. The van der Waals surface area contributed by atoms with Crippen molar-refractivity contribution in [2.45, 2.75) is 6.42 Å². The second kappa shape index (κ2) is 5.70. The van der Waals surface area contributed by atoms with Gasteiger partial charge in [-0.2, -0.15) is 5.10 Å². The number of hydrogen-bond donors (Lipinski definition) is 0. The van der Waals surface area contributed by atoms with Crippen LogP contribution >= 0.6 is 15.9 Å². The summed E-state index contributed by atoms with van der Waals surface area (Å²) in [6, 6.07) is 13.1. The lowest BCUT2D eigenvalue weighted by Crippen LogP contribution is -2.23. The predicted molar refractivity (Wildman–Crippen MR) is 88.9 cm³/mol. The lowest BCUT2D eigenvalue weighted by Gasteiger charge is -2.11. The zero-order valence-corrected chi connectivity index (χ0v) is 13.7. The van der Waals surface area contributed by atoms with E-state index in [1.807, 2.05) is 24.3 Å². The summed E-state index contributed by atoms with van der Waals surface area (Å²) in [5, 5.41) is 5.98. The fraction of sp³-hybridized carbons (Fsp3) is 0.176. The van der Waals surface area contributed by atoms with E-state index < -0.39 is 0 Å². The fourth-order valence-electron chi connectivity index (χ4n) is 2.65. The normalized spacial score (nSPS) is 15.7. The average molecular weight is 373 g/mol. The van der Waals surface area contributed by atoms with Crippen LogP contribution in [0.2, 0.25) is 0 Å². The molecule has 0 spiro atoms. The highest BCUT2D eigenvalue weighted by molar-refractivity contribution is 9.10. The standard InChI is InChI=1S/C17H13BrN2O3/c18-13-3-1-2-11(8-13)14-6-7-20(19-14)17(21)12-4-5-15-16(9-12)23-10-22-15/h1-5,8-9H,6-7,10H2. The molecule has 2 aromatic carbocycles. The number of benzene rings is 2. The van der Waals surface area contributed by atoms with Crippen molar-refractivity contribution in [2.75, 3.05) is 13.3 Å². The van der Waals surface area contributed by atoms with Gasteiger partial charge >= 0.3 is 0 Å². The molecule has 5 nitrogen and oxygen atoms in total. The van der Waals surface area contributed by atoms with Gasteiger partial charge in [0.1, 0.15) is 0 Å². The van der Waals surface area contributed by atoms with Crippen LogP contribution in [0, 0.1) is 0 Å². The van der Waals surface area contributed by atoms with Crippen molar-refractivity contribution in [2.24, 2.45) is 5.10 Å². The van der Waals surface area contributed by atoms with Crippen molar-refractivity contribution in [3.63, 3.8) is 0 Å². The minimum atomic E-state index is -0.131. The SMILES string of the molecule is O=C(c1ccc2c(c1)OCO2)N1CCC(c2cccc(Br)c2)=N1. The Morgan fingerprint density at radius 3 is 2.87 bits per heavy atom. The quantitative estimate of drug-likeness (QED) is 0.811. The minimum absolute atomic E-state index is 0.131. The zero-order valence-electron chi connectivity index (χ0n) is 12.2. The molecule has 0 unspecified atom stereocenters. The molecule has 2 aliphatic rings. The second-order valence-electron chi connectivity index (χ2n) is 5.30. The third-order valence-electron chi connectivity index (χ3n) is 3.81. The van der Waals surface area contributed by atoms with Crippen molar-refractivity contribution < 1.29 is 14.3 Å². The first-order valence-electron chi connectivity index (χ1n) is 7.26. The van der Waals surface area contributed by atoms with Crippen molar-refractivity contribution in [1.29, 1.82) is 0 Å². The van der Waals surface area contributed by atoms with Crippen LogP contribution in [0.4, 0.5) is 0 Å². The Kier molecular flexibility index (Phi) is 3.53. The Morgan fingerprint density at radius 2 is 2.00 bits per heavy atom. The molecule has 2 heterocycles. The number of hydrazone groups is 1. The highest BCUT2D eigenvalue weighted by atomic mass is 79.9. The highest BCUT2D eigenvalue weighted by Crippen LogP contribution is 2.33. The summed E-state index contributed by atoms with van der Waals surface area (Å²) in [5.41, 5.74) is 2.49. The molecule has 0 aliphatic carbocycles. The first kappa shape index (κ1) is 14.3. The Hall–Kier alpha value is -2.34. The van der Waals surface area contributed by atoms with Crippen LogP contribution in [-0.4, -0.2) is 30.0 Å². The molecule has 116 valence electrons. The van der Waals surface area contributed by atoms with Gasteiger partial charge in [-0.25, -0.2) is 5.01 Å². The smallest absolute Gasteiger partial charge is 0.274 e. The first-order chi connectivity index (χ1) is 11.2. The summed E-state index contributed by atoms with van der Waals surface area (Å²) in [6.07, 6.45) is 0.743. The van der Waals surface area contributed by atoms with Crippen LogP contribution in [0.25, 0.3) is 0 Å². The maximum atomic E-state index is 12.6. The van der Waals surface area contributed by atoms with Gasteiger partial charge in [0.05, 0.1) is 12.3 Å². The summed E-state index contributed by atoms with van der Waals surface area (Å²) < 4.78 is 11.6. The van der Waals surface area contributed by atoms with E-state index in [2.05, 4.69) is 21.0 Å². The Bertz CT molecular complexity index is 819. The molecular weight excluding hydrogens is 360 g/mol. The number of halogens is 1. The summed E-state index contributed by atoms with van der Waals surface area (Å²) in [5.74, 6) is 1.14. The van der Waals surface area contributed by atoms with Crippen LogP contribution in [0.5, 0.6) is 11.5 Å². The summed E-state index contributed by atoms with van der Waals surface area (Å²) in [7, 11) is 0. The maximum Gasteiger partial charge on any atom is 0.274 e. The van der Waals surface area contributed by atoms with E-state index >= 15 is 0 Å². The van der Waals surface area contributed by atoms with Gasteiger partial charge in [-0.15, -0.1) is 0 Å². The van der Waals surface area contributed by atoms with Crippen LogP contribution in [-0.2, 0) is 0 Å². The van der Waals surface area contributed by atoms with Crippen molar-refractivity contribution in [3.05, 3.63) is 58.1 Å². The predicted octanol–water partition coefficient (Wildman–Crippen LogP) is 3.43. The number of amides is 1. The minimum Gasteiger partial charge on any atom is -0.454 e. The van der Waals surface area contributed by atoms with E-state index in [4.69, 9.17) is 9.47 Å².